The maximum atomic E-state index is 12.9. The SMILES string of the molecule is CCOC(=O)C(C)(Oc1ccc(Cl)cc1-c1ccn(CC)n1)c1cccc(Cl)c1. The molecule has 0 fully saturated rings. The molecule has 3 rings (SSSR count). The van der Waals surface area contributed by atoms with Crippen LogP contribution in [0.15, 0.2) is 54.7 Å². The number of aromatic nitrogens is 2. The number of halogens is 2. The molecule has 2 aromatic carbocycles. The van der Waals surface area contributed by atoms with Crippen LogP contribution in [0.1, 0.15) is 26.3 Å². The van der Waals surface area contributed by atoms with E-state index in [2.05, 4.69) is 5.10 Å². The molecule has 0 spiro atoms. The van der Waals surface area contributed by atoms with E-state index in [0.29, 0.717) is 32.6 Å². The van der Waals surface area contributed by atoms with Crippen molar-refractivity contribution >= 4 is 29.2 Å². The summed E-state index contributed by atoms with van der Waals surface area (Å²) in [4.78, 5) is 12.9. The van der Waals surface area contributed by atoms with Crippen LogP contribution in [-0.4, -0.2) is 22.4 Å². The summed E-state index contributed by atoms with van der Waals surface area (Å²) in [6.45, 7) is 6.39. The standard InChI is InChI=1S/C22H22Cl2N2O3/c1-4-26-12-11-19(25-26)18-14-17(24)9-10-20(18)29-22(3,21(27)28-5-2)15-7-6-8-16(23)13-15/h6-14H,4-5H2,1-3H3. The predicted molar refractivity (Wildman–Crippen MR) is 114 cm³/mol. The lowest BCUT2D eigenvalue weighted by atomic mass is 9.95. The first-order chi connectivity index (χ1) is 13.9. The number of aryl methyl sites for hydroxylation is 1. The van der Waals surface area contributed by atoms with Crippen LogP contribution in [0.2, 0.25) is 10.0 Å². The van der Waals surface area contributed by atoms with E-state index in [1.54, 1.807) is 56.3 Å². The van der Waals surface area contributed by atoms with E-state index in [1.807, 2.05) is 23.9 Å². The molecule has 0 saturated carbocycles. The summed E-state index contributed by atoms with van der Waals surface area (Å²) in [6, 6.07) is 14.1. The molecule has 0 aliphatic rings. The number of hydrogen-bond donors (Lipinski definition) is 0. The van der Waals surface area contributed by atoms with Crippen LogP contribution < -0.4 is 4.74 Å². The van der Waals surface area contributed by atoms with Crippen molar-refractivity contribution in [3.63, 3.8) is 0 Å². The second-order valence-corrected chi connectivity index (χ2v) is 7.44. The average molecular weight is 433 g/mol. The quantitative estimate of drug-likeness (QED) is 0.447. The largest absolute Gasteiger partial charge is 0.470 e. The molecule has 1 heterocycles. The van der Waals surface area contributed by atoms with Gasteiger partial charge in [-0.3, -0.25) is 4.68 Å². The number of rotatable bonds is 7. The van der Waals surface area contributed by atoms with E-state index in [1.165, 1.54) is 0 Å². The maximum absolute atomic E-state index is 12.9. The Bertz CT molecular complexity index is 1020. The topological polar surface area (TPSA) is 53.4 Å². The Morgan fingerprint density at radius 3 is 2.52 bits per heavy atom. The lowest BCUT2D eigenvalue weighted by molar-refractivity contribution is -0.161. The number of ether oxygens (including phenoxy) is 2. The van der Waals surface area contributed by atoms with Crippen LogP contribution >= 0.6 is 23.2 Å². The Morgan fingerprint density at radius 2 is 1.86 bits per heavy atom. The zero-order valence-corrected chi connectivity index (χ0v) is 18.0. The second kappa shape index (κ2) is 8.89. The third-order valence-electron chi connectivity index (χ3n) is 4.54. The highest BCUT2D eigenvalue weighted by molar-refractivity contribution is 6.31. The summed E-state index contributed by atoms with van der Waals surface area (Å²) < 4.78 is 13.4. The highest BCUT2D eigenvalue weighted by Crippen LogP contribution is 2.38. The predicted octanol–water partition coefficient (Wildman–Crippen LogP) is 5.73. The van der Waals surface area contributed by atoms with E-state index in [4.69, 9.17) is 32.7 Å². The molecule has 0 aliphatic carbocycles. The van der Waals surface area contributed by atoms with Crippen LogP contribution in [-0.2, 0) is 21.7 Å². The van der Waals surface area contributed by atoms with Crippen molar-refractivity contribution in [3.8, 4) is 17.0 Å². The first-order valence-electron chi connectivity index (χ1n) is 9.33. The van der Waals surface area contributed by atoms with Gasteiger partial charge < -0.3 is 9.47 Å². The lowest BCUT2D eigenvalue weighted by Crippen LogP contribution is -2.40. The molecule has 0 aliphatic heterocycles. The van der Waals surface area contributed by atoms with Crippen molar-refractivity contribution in [2.45, 2.75) is 32.9 Å². The second-order valence-electron chi connectivity index (χ2n) is 6.56. The minimum Gasteiger partial charge on any atom is -0.470 e. The highest BCUT2D eigenvalue weighted by Gasteiger charge is 2.40. The fraction of sp³-hybridized carbons (Fsp3) is 0.273. The summed E-state index contributed by atoms with van der Waals surface area (Å²) in [5.41, 5.74) is 0.559. The molecule has 1 unspecified atom stereocenters. The zero-order chi connectivity index (χ0) is 21.0. The number of hydrogen-bond acceptors (Lipinski definition) is 4. The van der Waals surface area contributed by atoms with Crippen LogP contribution in [0.4, 0.5) is 0 Å². The van der Waals surface area contributed by atoms with Gasteiger partial charge in [0, 0.05) is 33.9 Å². The van der Waals surface area contributed by atoms with Crippen LogP contribution in [0.25, 0.3) is 11.3 Å². The Hall–Kier alpha value is -2.50. The molecule has 0 bridgehead atoms. The van der Waals surface area contributed by atoms with E-state index >= 15 is 0 Å². The van der Waals surface area contributed by atoms with Crippen molar-refractivity contribution in [2.75, 3.05) is 6.61 Å². The van der Waals surface area contributed by atoms with Gasteiger partial charge >= 0.3 is 5.97 Å². The van der Waals surface area contributed by atoms with Gasteiger partial charge in [0.05, 0.1) is 12.3 Å². The molecule has 7 heteroatoms. The fourth-order valence-electron chi connectivity index (χ4n) is 2.97. The summed E-state index contributed by atoms with van der Waals surface area (Å²) in [5.74, 6) is -0.0477. The fourth-order valence-corrected chi connectivity index (χ4v) is 3.33. The number of esters is 1. The van der Waals surface area contributed by atoms with Gasteiger partial charge in [-0.15, -0.1) is 0 Å². The molecule has 3 aromatic rings. The lowest BCUT2D eigenvalue weighted by Gasteiger charge is -2.30. The monoisotopic (exact) mass is 432 g/mol. The molecule has 0 amide bonds. The smallest absolute Gasteiger partial charge is 0.354 e. The molecular formula is C22H22Cl2N2O3. The third kappa shape index (κ3) is 4.57. The summed E-state index contributed by atoms with van der Waals surface area (Å²) >= 11 is 12.4. The molecular weight excluding hydrogens is 411 g/mol. The number of benzene rings is 2. The number of carbonyl (C=O) groups excluding carboxylic acids is 1. The minimum absolute atomic E-state index is 0.229. The molecule has 1 atom stereocenters. The van der Waals surface area contributed by atoms with Gasteiger partial charge in [-0.1, -0.05) is 35.3 Å². The highest BCUT2D eigenvalue weighted by atomic mass is 35.5. The van der Waals surface area contributed by atoms with Crippen LogP contribution in [0, 0.1) is 0 Å². The van der Waals surface area contributed by atoms with Gasteiger partial charge in [0.15, 0.2) is 0 Å². The molecule has 152 valence electrons. The summed E-state index contributed by atoms with van der Waals surface area (Å²) in [7, 11) is 0. The summed E-state index contributed by atoms with van der Waals surface area (Å²) in [5, 5.41) is 5.58. The minimum atomic E-state index is -1.41. The summed E-state index contributed by atoms with van der Waals surface area (Å²) in [6.07, 6.45) is 1.88. The Kier molecular flexibility index (Phi) is 6.50. The van der Waals surface area contributed by atoms with Crippen molar-refractivity contribution in [1.29, 1.82) is 0 Å². The Labute approximate surface area is 180 Å². The van der Waals surface area contributed by atoms with Crippen molar-refractivity contribution in [1.82, 2.24) is 9.78 Å². The van der Waals surface area contributed by atoms with Crippen molar-refractivity contribution in [2.24, 2.45) is 0 Å². The average Bonchev–Trinajstić information content (AvgIpc) is 3.18. The molecule has 5 nitrogen and oxygen atoms in total. The first kappa shape index (κ1) is 21.2. The maximum Gasteiger partial charge on any atom is 0.354 e. The van der Waals surface area contributed by atoms with Crippen LogP contribution in [0.5, 0.6) is 5.75 Å². The van der Waals surface area contributed by atoms with E-state index in [-0.39, 0.29) is 6.61 Å². The van der Waals surface area contributed by atoms with E-state index in [9.17, 15) is 4.79 Å². The van der Waals surface area contributed by atoms with E-state index in [0.717, 1.165) is 6.54 Å². The van der Waals surface area contributed by atoms with Gasteiger partial charge in [0.1, 0.15) is 5.75 Å². The van der Waals surface area contributed by atoms with Gasteiger partial charge in [0.2, 0.25) is 5.60 Å². The first-order valence-corrected chi connectivity index (χ1v) is 10.1. The zero-order valence-electron chi connectivity index (χ0n) is 16.5. The molecule has 29 heavy (non-hydrogen) atoms. The molecule has 0 radical (unpaired) electrons. The number of nitrogens with zero attached hydrogens (tertiary/aromatic N) is 2. The number of carbonyl (C=O) groups is 1. The Morgan fingerprint density at radius 1 is 1.10 bits per heavy atom. The van der Waals surface area contributed by atoms with Gasteiger partial charge in [-0.25, -0.2) is 4.79 Å². The van der Waals surface area contributed by atoms with Gasteiger partial charge in [-0.05, 0) is 57.2 Å². The van der Waals surface area contributed by atoms with Gasteiger partial charge in [-0.2, -0.15) is 5.10 Å². The third-order valence-corrected chi connectivity index (χ3v) is 5.01. The van der Waals surface area contributed by atoms with Crippen LogP contribution in [0.3, 0.4) is 0 Å². The van der Waals surface area contributed by atoms with Crippen molar-refractivity contribution in [3.05, 3.63) is 70.3 Å². The van der Waals surface area contributed by atoms with E-state index < -0.39 is 11.6 Å². The van der Waals surface area contributed by atoms with Gasteiger partial charge in [0.25, 0.3) is 0 Å². The van der Waals surface area contributed by atoms with Crippen molar-refractivity contribution < 1.29 is 14.3 Å². The molecule has 0 saturated heterocycles. The normalized spacial score (nSPS) is 13.0. The molecule has 1 aromatic heterocycles. The molecule has 0 N–H and O–H groups in total. The Balaban J connectivity index is 2.09.